The fraction of sp³-hybridized carbons (Fsp3) is 0.444. The number of nitrogens with one attached hydrogen (secondary N) is 1. The third kappa shape index (κ3) is 1.54. The Morgan fingerprint density at radius 1 is 1.64 bits per heavy atom. The summed E-state index contributed by atoms with van der Waals surface area (Å²) in [5.41, 5.74) is 2.14. The number of rotatable bonds is 1. The van der Waals surface area contributed by atoms with Crippen LogP contribution in [0, 0.1) is 6.92 Å². The average Bonchev–Trinajstić information content (AvgIpc) is 2.20. The second kappa shape index (κ2) is 3.90. The van der Waals surface area contributed by atoms with Gasteiger partial charge in [-0.25, -0.2) is 4.98 Å². The van der Waals surface area contributed by atoms with Gasteiger partial charge in [0.25, 0.3) is 0 Å². The Bertz CT molecular complexity index is 393. The predicted octanol–water partition coefficient (Wildman–Crippen LogP) is 1.65. The molecule has 5 heteroatoms. The lowest BCUT2D eigenvalue weighted by Crippen LogP contribution is -2.21. The summed E-state index contributed by atoms with van der Waals surface area (Å²) in [4.78, 5) is 5.40. The Morgan fingerprint density at radius 3 is 3.14 bits per heavy atom. The molecule has 0 saturated carbocycles. The maximum absolute atomic E-state index is 11.6. The smallest absolute Gasteiger partial charge is 0.150 e. The molecule has 1 N–H and O–H groups in total. The van der Waals surface area contributed by atoms with Gasteiger partial charge in [-0.3, -0.25) is 4.21 Å². The van der Waals surface area contributed by atoms with Crippen LogP contribution in [0.25, 0.3) is 0 Å². The normalized spacial score (nSPS) is 20.0. The van der Waals surface area contributed by atoms with E-state index in [4.69, 9.17) is 0 Å². The maximum atomic E-state index is 11.6. The largest absolute Gasteiger partial charge is 0.382 e. The summed E-state index contributed by atoms with van der Waals surface area (Å²) in [6, 6.07) is 0. The highest BCUT2D eigenvalue weighted by molar-refractivity contribution is 7.98. The number of anilines is 1. The fourth-order valence-corrected chi connectivity index (χ4v) is 3.18. The Kier molecular flexibility index (Phi) is 2.78. The van der Waals surface area contributed by atoms with Crippen LogP contribution in [0.5, 0.6) is 0 Å². The molecule has 76 valence electrons. The zero-order valence-corrected chi connectivity index (χ0v) is 9.80. The Balaban J connectivity index is 2.57. The van der Waals surface area contributed by atoms with E-state index in [9.17, 15) is 4.21 Å². The molecule has 0 aromatic carbocycles. The summed E-state index contributed by atoms with van der Waals surface area (Å²) in [6.45, 7) is 2.82. The number of hydrogen-bond acceptors (Lipinski definition) is 4. The highest BCUT2D eigenvalue weighted by Gasteiger charge is 2.19. The molecule has 2 rings (SSSR count). The summed E-state index contributed by atoms with van der Waals surface area (Å²) in [5, 5.41) is 3.98. The van der Waals surface area contributed by atoms with Crippen molar-refractivity contribution in [2.24, 2.45) is 0 Å². The van der Waals surface area contributed by atoms with Crippen molar-refractivity contribution in [3.8, 4) is 0 Å². The van der Waals surface area contributed by atoms with Gasteiger partial charge < -0.3 is 5.32 Å². The van der Waals surface area contributed by atoms with Crippen LogP contribution < -0.4 is 5.32 Å². The second-order valence-electron chi connectivity index (χ2n) is 3.11. The summed E-state index contributed by atoms with van der Waals surface area (Å²) in [5.74, 6) is 0.665. The highest BCUT2D eigenvalue weighted by Crippen LogP contribution is 2.31. The SMILES string of the molecule is CSc1cnc2c(c1C)NCCS2=O. The van der Waals surface area contributed by atoms with Crippen LogP contribution in [0.1, 0.15) is 5.56 Å². The zero-order valence-electron chi connectivity index (χ0n) is 8.16. The monoisotopic (exact) mass is 228 g/mol. The highest BCUT2D eigenvalue weighted by atomic mass is 32.2. The van der Waals surface area contributed by atoms with Crippen molar-refractivity contribution in [1.82, 2.24) is 4.98 Å². The summed E-state index contributed by atoms with van der Waals surface area (Å²) >= 11 is 1.67. The molecule has 1 aliphatic heterocycles. The molecule has 14 heavy (non-hydrogen) atoms. The van der Waals surface area contributed by atoms with E-state index in [1.807, 2.05) is 19.4 Å². The fourth-order valence-electron chi connectivity index (χ4n) is 1.51. The third-order valence-corrected chi connectivity index (χ3v) is 4.45. The first-order chi connectivity index (χ1) is 6.74. The van der Waals surface area contributed by atoms with E-state index in [0.717, 1.165) is 22.7 Å². The Labute approximate surface area is 90.2 Å². The van der Waals surface area contributed by atoms with E-state index >= 15 is 0 Å². The van der Waals surface area contributed by atoms with E-state index in [-0.39, 0.29) is 0 Å². The van der Waals surface area contributed by atoms with E-state index < -0.39 is 10.8 Å². The van der Waals surface area contributed by atoms with Gasteiger partial charge in [-0.15, -0.1) is 11.8 Å². The first-order valence-corrected chi connectivity index (χ1v) is 6.94. The summed E-state index contributed by atoms with van der Waals surface area (Å²) in [6.07, 6.45) is 3.83. The molecule has 1 atom stereocenters. The van der Waals surface area contributed by atoms with Crippen molar-refractivity contribution in [2.75, 3.05) is 23.9 Å². The van der Waals surface area contributed by atoms with Crippen molar-refractivity contribution in [3.63, 3.8) is 0 Å². The molecule has 0 saturated heterocycles. The van der Waals surface area contributed by atoms with Gasteiger partial charge in [0.1, 0.15) is 0 Å². The molecule has 2 heterocycles. The molecule has 0 fully saturated rings. The molecule has 0 amide bonds. The van der Waals surface area contributed by atoms with Gasteiger partial charge in [0.2, 0.25) is 0 Å². The molecule has 0 spiro atoms. The molecule has 0 aliphatic carbocycles. The van der Waals surface area contributed by atoms with Crippen LogP contribution in [0.3, 0.4) is 0 Å². The lowest BCUT2D eigenvalue weighted by atomic mass is 10.2. The van der Waals surface area contributed by atoms with Gasteiger partial charge in [-0.05, 0) is 18.7 Å². The van der Waals surface area contributed by atoms with Crippen molar-refractivity contribution in [1.29, 1.82) is 0 Å². The van der Waals surface area contributed by atoms with Crippen LogP contribution in [0.15, 0.2) is 16.1 Å². The molecule has 1 aromatic rings. The third-order valence-electron chi connectivity index (χ3n) is 2.28. The lowest BCUT2D eigenvalue weighted by molar-refractivity contribution is 0.678. The Morgan fingerprint density at radius 2 is 2.43 bits per heavy atom. The van der Waals surface area contributed by atoms with Crippen LogP contribution in [0.4, 0.5) is 5.69 Å². The second-order valence-corrected chi connectivity index (χ2v) is 5.44. The van der Waals surface area contributed by atoms with Crippen molar-refractivity contribution in [2.45, 2.75) is 16.8 Å². The van der Waals surface area contributed by atoms with Crippen LogP contribution in [-0.2, 0) is 10.8 Å². The number of aromatic nitrogens is 1. The topological polar surface area (TPSA) is 42.0 Å². The summed E-state index contributed by atoms with van der Waals surface area (Å²) < 4.78 is 11.6. The zero-order chi connectivity index (χ0) is 10.1. The minimum absolute atomic E-state index is 0.665. The lowest BCUT2D eigenvalue weighted by Gasteiger charge is -2.19. The Hall–Kier alpha value is -0.550. The standard InChI is InChI=1S/C9H12N2OS2/c1-6-7(13-2)5-11-9-8(6)10-3-4-14(9)12/h5,10H,3-4H2,1-2H3. The van der Waals surface area contributed by atoms with Gasteiger partial charge >= 0.3 is 0 Å². The van der Waals surface area contributed by atoms with Crippen LogP contribution >= 0.6 is 11.8 Å². The van der Waals surface area contributed by atoms with Crippen LogP contribution in [0.2, 0.25) is 0 Å². The quantitative estimate of drug-likeness (QED) is 0.742. The maximum Gasteiger partial charge on any atom is 0.150 e. The number of fused-ring (bicyclic) bond motifs is 1. The van der Waals surface area contributed by atoms with Gasteiger partial charge in [-0.2, -0.15) is 0 Å². The van der Waals surface area contributed by atoms with Gasteiger partial charge in [0.05, 0.1) is 16.5 Å². The molecule has 1 aromatic heterocycles. The minimum Gasteiger partial charge on any atom is -0.382 e. The van der Waals surface area contributed by atoms with Crippen LogP contribution in [-0.4, -0.2) is 27.7 Å². The molecular formula is C9H12N2OS2. The molecule has 1 unspecified atom stereocenters. The average molecular weight is 228 g/mol. The van der Waals surface area contributed by atoms with E-state index in [2.05, 4.69) is 10.3 Å². The summed E-state index contributed by atoms with van der Waals surface area (Å²) in [7, 11) is -0.919. The van der Waals surface area contributed by atoms with Gasteiger partial charge in [0, 0.05) is 23.4 Å². The van der Waals surface area contributed by atoms with Crippen molar-refractivity contribution < 1.29 is 4.21 Å². The van der Waals surface area contributed by atoms with E-state index in [1.165, 1.54) is 0 Å². The number of pyridine rings is 1. The first-order valence-electron chi connectivity index (χ1n) is 4.40. The molecule has 1 aliphatic rings. The molecule has 0 bridgehead atoms. The first kappa shape index (κ1) is 9.98. The number of nitrogens with zero attached hydrogens (tertiary/aromatic N) is 1. The van der Waals surface area contributed by atoms with Gasteiger partial charge in [-0.1, -0.05) is 0 Å². The molecular weight excluding hydrogens is 216 g/mol. The van der Waals surface area contributed by atoms with E-state index in [0.29, 0.717) is 10.8 Å². The molecule has 3 nitrogen and oxygen atoms in total. The predicted molar refractivity (Wildman–Crippen MR) is 60.5 cm³/mol. The number of thioether (sulfide) groups is 1. The molecule has 0 radical (unpaired) electrons. The van der Waals surface area contributed by atoms with Gasteiger partial charge in [0.15, 0.2) is 5.03 Å². The number of hydrogen-bond donors (Lipinski definition) is 1. The van der Waals surface area contributed by atoms with Crippen molar-refractivity contribution in [3.05, 3.63) is 11.8 Å². The van der Waals surface area contributed by atoms with E-state index in [1.54, 1.807) is 11.8 Å². The minimum atomic E-state index is -0.919. The van der Waals surface area contributed by atoms with Crippen molar-refractivity contribution >= 4 is 28.2 Å².